The molecule has 1 aliphatic heterocycles. The summed E-state index contributed by atoms with van der Waals surface area (Å²) in [4.78, 5) is 2.60. The van der Waals surface area contributed by atoms with Crippen LogP contribution in [0.3, 0.4) is 0 Å². The van der Waals surface area contributed by atoms with E-state index in [2.05, 4.69) is 11.8 Å². The molecule has 0 aromatic rings. The first-order valence-corrected chi connectivity index (χ1v) is 6.68. The molecule has 2 aliphatic rings. The van der Waals surface area contributed by atoms with Crippen LogP contribution in [0, 0.1) is 11.8 Å². The molecule has 2 fully saturated rings. The van der Waals surface area contributed by atoms with Gasteiger partial charge in [0.15, 0.2) is 0 Å². The Morgan fingerprint density at radius 3 is 2.20 bits per heavy atom. The van der Waals surface area contributed by atoms with E-state index in [0.29, 0.717) is 0 Å². The van der Waals surface area contributed by atoms with Crippen molar-refractivity contribution in [3.8, 4) is 0 Å². The molecule has 0 aromatic carbocycles. The monoisotopic (exact) mass is 211 g/mol. The smallest absolute Gasteiger partial charge is 0.0594 e. The second kappa shape index (κ2) is 5.86. The summed E-state index contributed by atoms with van der Waals surface area (Å²) in [5.41, 5.74) is 0. The van der Waals surface area contributed by atoms with Gasteiger partial charge in [-0.15, -0.1) is 0 Å². The minimum Gasteiger partial charge on any atom is -0.379 e. The SMILES string of the molecule is CCC1CCC(CN2CCOCC2)CC1. The molecule has 1 saturated heterocycles. The molecule has 1 aliphatic carbocycles. The summed E-state index contributed by atoms with van der Waals surface area (Å²) in [5, 5.41) is 0. The van der Waals surface area contributed by atoms with Crippen LogP contribution in [0.15, 0.2) is 0 Å². The summed E-state index contributed by atoms with van der Waals surface area (Å²) in [6, 6.07) is 0. The van der Waals surface area contributed by atoms with E-state index in [1.54, 1.807) is 0 Å². The van der Waals surface area contributed by atoms with Crippen LogP contribution in [0.25, 0.3) is 0 Å². The zero-order valence-corrected chi connectivity index (χ0v) is 10.1. The predicted molar refractivity (Wildman–Crippen MR) is 63.0 cm³/mol. The maximum atomic E-state index is 5.38. The van der Waals surface area contributed by atoms with Crippen molar-refractivity contribution in [2.24, 2.45) is 11.8 Å². The summed E-state index contributed by atoms with van der Waals surface area (Å²) in [5.74, 6) is 2.01. The molecule has 0 aromatic heterocycles. The zero-order valence-electron chi connectivity index (χ0n) is 10.1. The van der Waals surface area contributed by atoms with Gasteiger partial charge in [-0.3, -0.25) is 4.90 Å². The maximum Gasteiger partial charge on any atom is 0.0594 e. The van der Waals surface area contributed by atoms with Gasteiger partial charge in [-0.1, -0.05) is 26.2 Å². The van der Waals surface area contributed by atoms with Crippen LogP contribution in [0.4, 0.5) is 0 Å². The lowest BCUT2D eigenvalue weighted by molar-refractivity contribution is 0.0263. The Bertz CT molecular complexity index is 169. The molecule has 0 amide bonds. The van der Waals surface area contributed by atoms with Gasteiger partial charge >= 0.3 is 0 Å². The van der Waals surface area contributed by atoms with Crippen molar-refractivity contribution in [2.75, 3.05) is 32.8 Å². The quantitative estimate of drug-likeness (QED) is 0.711. The van der Waals surface area contributed by atoms with Crippen LogP contribution in [0.1, 0.15) is 39.0 Å². The van der Waals surface area contributed by atoms with Crippen molar-refractivity contribution in [2.45, 2.75) is 39.0 Å². The van der Waals surface area contributed by atoms with Gasteiger partial charge in [0.2, 0.25) is 0 Å². The van der Waals surface area contributed by atoms with Gasteiger partial charge in [0.05, 0.1) is 13.2 Å². The Morgan fingerprint density at radius 1 is 1.00 bits per heavy atom. The third-order valence-corrected chi connectivity index (χ3v) is 4.16. The number of morpholine rings is 1. The topological polar surface area (TPSA) is 12.5 Å². The minimum absolute atomic E-state index is 0.949. The molecule has 15 heavy (non-hydrogen) atoms. The summed E-state index contributed by atoms with van der Waals surface area (Å²) < 4.78 is 5.38. The molecule has 0 radical (unpaired) electrons. The number of nitrogens with zero attached hydrogens (tertiary/aromatic N) is 1. The number of hydrogen-bond acceptors (Lipinski definition) is 2. The van der Waals surface area contributed by atoms with Gasteiger partial charge < -0.3 is 4.74 Å². The van der Waals surface area contributed by atoms with E-state index in [4.69, 9.17) is 4.74 Å². The molecule has 0 unspecified atom stereocenters. The van der Waals surface area contributed by atoms with Gasteiger partial charge in [-0.2, -0.15) is 0 Å². The van der Waals surface area contributed by atoms with Gasteiger partial charge in [-0.05, 0) is 24.7 Å². The number of rotatable bonds is 3. The van der Waals surface area contributed by atoms with Crippen LogP contribution in [-0.2, 0) is 4.74 Å². The van der Waals surface area contributed by atoms with E-state index < -0.39 is 0 Å². The second-order valence-corrected chi connectivity index (χ2v) is 5.21. The first-order valence-electron chi connectivity index (χ1n) is 6.68. The summed E-state index contributed by atoms with van der Waals surface area (Å²) in [6.07, 6.45) is 7.28. The predicted octanol–water partition coefficient (Wildman–Crippen LogP) is 2.54. The fourth-order valence-electron chi connectivity index (χ4n) is 2.97. The first kappa shape index (κ1) is 11.4. The molecular weight excluding hydrogens is 186 g/mol. The number of hydrogen-bond donors (Lipinski definition) is 0. The highest BCUT2D eigenvalue weighted by Gasteiger charge is 2.22. The van der Waals surface area contributed by atoms with Crippen LogP contribution in [-0.4, -0.2) is 37.7 Å². The average Bonchev–Trinajstić information content (AvgIpc) is 2.31. The van der Waals surface area contributed by atoms with Gasteiger partial charge in [0.25, 0.3) is 0 Å². The molecule has 1 saturated carbocycles. The largest absolute Gasteiger partial charge is 0.379 e. The molecule has 0 atom stereocenters. The van der Waals surface area contributed by atoms with Crippen LogP contribution in [0.5, 0.6) is 0 Å². The third kappa shape index (κ3) is 3.46. The lowest BCUT2D eigenvalue weighted by Crippen LogP contribution is -2.40. The highest BCUT2D eigenvalue weighted by molar-refractivity contribution is 4.75. The molecular formula is C13H25NO. The van der Waals surface area contributed by atoms with Crippen molar-refractivity contribution in [1.29, 1.82) is 0 Å². The van der Waals surface area contributed by atoms with Crippen molar-refractivity contribution in [1.82, 2.24) is 4.90 Å². The molecule has 88 valence electrons. The highest BCUT2D eigenvalue weighted by atomic mass is 16.5. The third-order valence-electron chi connectivity index (χ3n) is 4.16. The Kier molecular flexibility index (Phi) is 4.45. The van der Waals surface area contributed by atoms with Crippen molar-refractivity contribution >= 4 is 0 Å². The lowest BCUT2D eigenvalue weighted by Gasteiger charge is -2.34. The normalized spacial score (nSPS) is 34.2. The molecule has 2 rings (SSSR count). The molecule has 0 N–H and O–H groups in total. The minimum atomic E-state index is 0.949. The van der Waals surface area contributed by atoms with Crippen LogP contribution >= 0.6 is 0 Å². The fraction of sp³-hybridized carbons (Fsp3) is 1.00. The number of ether oxygens (including phenoxy) is 1. The van der Waals surface area contributed by atoms with E-state index in [0.717, 1.165) is 38.1 Å². The average molecular weight is 211 g/mol. The zero-order chi connectivity index (χ0) is 10.5. The fourth-order valence-corrected chi connectivity index (χ4v) is 2.97. The van der Waals surface area contributed by atoms with E-state index >= 15 is 0 Å². The van der Waals surface area contributed by atoms with Crippen molar-refractivity contribution < 1.29 is 4.74 Å². The Morgan fingerprint density at radius 2 is 1.60 bits per heavy atom. The Labute approximate surface area is 94.0 Å². The molecule has 0 bridgehead atoms. The molecule has 2 nitrogen and oxygen atoms in total. The Balaban J connectivity index is 1.67. The van der Waals surface area contributed by atoms with Crippen molar-refractivity contribution in [3.05, 3.63) is 0 Å². The second-order valence-electron chi connectivity index (χ2n) is 5.21. The van der Waals surface area contributed by atoms with E-state index in [-0.39, 0.29) is 0 Å². The summed E-state index contributed by atoms with van der Waals surface area (Å²) in [6.45, 7) is 7.89. The Hall–Kier alpha value is -0.0800. The van der Waals surface area contributed by atoms with Gasteiger partial charge in [0, 0.05) is 19.6 Å². The molecule has 2 heteroatoms. The maximum absolute atomic E-state index is 5.38. The summed E-state index contributed by atoms with van der Waals surface area (Å²) in [7, 11) is 0. The highest BCUT2D eigenvalue weighted by Crippen LogP contribution is 2.31. The van der Waals surface area contributed by atoms with Crippen LogP contribution in [0.2, 0.25) is 0 Å². The standard InChI is InChI=1S/C13H25NO/c1-2-12-3-5-13(6-4-12)11-14-7-9-15-10-8-14/h12-13H,2-11H2,1H3. The first-order chi connectivity index (χ1) is 7.38. The van der Waals surface area contributed by atoms with E-state index in [1.807, 2.05) is 0 Å². The van der Waals surface area contributed by atoms with Crippen molar-refractivity contribution in [3.63, 3.8) is 0 Å². The van der Waals surface area contributed by atoms with Gasteiger partial charge in [0.1, 0.15) is 0 Å². The molecule has 1 heterocycles. The summed E-state index contributed by atoms with van der Waals surface area (Å²) >= 11 is 0. The molecule has 0 spiro atoms. The lowest BCUT2D eigenvalue weighted by atomic mass is 9.80. The van der Waals surface area contributed by atoms with Crippen LogP contribution < -0.4 is 0 Å². The van der Waals surface area contributed by atoms with E-state index in [9.17, 15) is 0 Å². The van der Waals surface area contributed by atoms with E-state index in [1.165, 1.54) is 38.6 Å². The van der Waals surface area contributed by atoms with Gasteiger partial charge in [-0.25, -0.2) is 0 Å².